The minimum atomic E-state index is -6.09. The van der Waals surface area contributed by atoms with E-state index in [1.54, 1.807) is 0 Å². The molecule has 0 fully saturated rings. The van der Waals surface area contributed by atoms with Crippen molar-refractivity contribution in [1.29, 1.82) is 0 Å². The van der Waals surface area contributed by atoms with Crippen LogP contribution in [-0.2, 0) is 34.3 Å². The molecule has 0 bridgehead atoms. The highest BCUT2D eigenvalue weighted by molar-refractivity contribution is 7.86. The molecule has 2 heterocycles. The van der Waals surface area contributed by atoms with Crippen molar-refractivity contribution < 1.29 is 71.0 Å². The standard InChI is InChI=1S/C41H46N6O2.2CHF3O3S/c1-28-36-26-30(20-22-32(36)34-16-10-12-18-38(34)46(28)3)44-40(48)42-24-14-8-6-5-7-9-15-25-43-41(49)45-31-21-23-33-35-17-11-13-19-39(35)47(4)29(2)37(33)27-31;2*2-1(3,4)8(5,6)7/h10-13,16-23,26-27H,5-9,14-15,24-25H2,1-4H3,(H2-2,42,43,44,45,48,49);2*(H,5,6,7). The predicted molar refractivity (Wildman–Crippen MR) is 233 cm³/mol. The Morgan fingerprint density at radius 1 is 0.508 bits per heavy atom. The molecule has 14 nitrogen and oxygen atoms in total. The van der Waals surface area contributed by atoms with E-state index in [0.717, 1.165) is 78.5 Å². The number of fused-ring (bicyclic) bond motifs is 6. The average molecular weight is 955 g/mol. The Morgan fingerprint density at radius 3 is 1.14 bits per heavy atom. The lowest BCUT2D eigenvalue weighted by Gasteiger charge is -2.11. The number of carbonyl (C=O) groups excluding carboxylic acids is 2. The van der Waals surface area contributed by atoms with E-state index in [4.69, 9.17) is 25.9 Å². The summed E-state index contributed by atoms with van der Waals surface area (Å²) in [6.07, 6.45) is 7.51. The second kappa shape index (κ2) is 21.9. The van der Waals surface area contributed by atoms with Crippen LogP contribution in [0.5, 0.6) is 0 Å². The van der Waals surface area contributed by atoms with Crippen molar-refractivity contribution in [2.75, 3.05) is 23.7 Å². The van der Waals surface area contributed by atoms with Gasteiger partial charge in [-0.3, -0.25) is 0 Å². The van der Waals surface area contributed by atoms with Crippen LogP contribution < -0.4 is 30.4 Å². The van der Waals surface area contributed by atoms with Gasteiger partial charge in [-0.15, -0.1) is 0 Å². The highest BCUT2D eigenvalue weighted by Gasteiger charge is 2.37. The molecule has 0 radical (unpaired) electrons. The van der Waals surface area contributed by atoms with Crippen molar-refractivity contribution in [2.24, 2.45) is 14.1 Å². The number of rotatable bonds is 12. The number of hydrogen-bond donors (Lipinski definition) is 4. The molecular weight excluding hydrogens is 907 g/mol. The molecule has 0 saturated carbocycles. The fraction of sp³-hybridized carbons (Fsp3) is 0.349. The maximum Gasteiger partial charge on any atom is 0.485 e. The van der Waals surface area contributed by atoms with E-state index in [2.05, 4.69) is 131 Å². The summed E-state index contributed by atoms with van der Waals surface area (Å²) in [4.78, 5) is 25.1. The van der Waals surface area contributed by atoms with Crippen LogP contribution in [0.3, 0.4) is 0 Å². The smallest absolute Gasteiger partial charge is 0.485 e. The molecule has 0 aliphatic rings. The van der Waals surface area contributed by atoms with E-state index in [9.17, 15) is 35.9 Å². The molecule has 0 atom stereocenters. The number of para-hydroxylation sites is 2. The summed E-state index contributed by atoms with van der Waals surface area (Å²) in [6, 6.07) is 28.7. The van der Waals surface area contributed by atoms with Crippen LogP contribution in [0, 0.1) is 13.8 Å². The highest BCUT2D eigenvalue weighted by Crippen LogP contribution is 2.29. The number of aryl methyl sites for hydroxylation is 4. The zero-order chi connectivity index (χ0) is 48.3. The van der Waals surface area contributed by atoms with Crippen LogP contribution in [0.25, 0.3) is 43.4 Å². The summed E-state index contributed by atoms with van der Waals surface area (Å²) in [7, 11) is -8.02. The number of hydrogen-bond acceptors (Lipinski definition) is 8. The molecule has 22 heteroatoms. The number of pyridine rings is 2. The van der Waals surface area contributed by atoms with Gasteiger partial charge in [0.2, 0.25) is 11.0 Å². The fourth-order valence-electron chi connectivity index (χ4n) is 6.91. The topological polar surface area (TPSA) is 204 Å². The molecule has 0 aliphatic heterocycles. The maximum atomic E-state index is 12.6. The molecule has 0 unspecified atom stereocenters. The van der Waals surface area contributed by atoms with Gasteiger partial charge in [-0.05, 0) is 49.2 Å². The van der Waals surface area contributed by atoms with Gasteiger partial charge in [0.05, 0.1) is 21.5 Å². The van der Waals surface area contributed by atoms with E-state index < -0.39 is 31.3 Å². The third-order valence-corrected chi connectivity index (χ3v) is 11.6. The number of anilines is 2. The van der Waals surface area contributed by atoms with Crippen molar-refractivity contribution in [1.82, 2.24) is 10.6 Å². The first-order valence-corrected chi connectivity index (χ1v) is 22.9. The molecule has 65 heavy (non-hydrogen) atoms. The second-order valence-corrected chi connectivity index (χ2v) is 17.6. The van der Waals surface area contributed by atoms with Crippen LogP contribution >= 0.6 is 0 Å². The average Bonchev–Trinajstić information content (AvgIpc) is 3.23. The lowest BCUT2D eigenvalue weighted by atomic mass is 10.0. The third-order valence-electron chi connectivity index (χ3n) is 10.4. The zero-order valence-electron chi connectivity index (χ0n) is 35.7. The highest BCUT2D eigenvalue weighted by atomic mass is 32.2. The number of halogens is 6. The molecular formula is C43H48F6N6O8S2. The number of nitrogens with zero attached hydrogens (tertiary/aromatic N) is 2. The summed E-state index contributed by atoms with van der Waals surface area (Å²) in [5, 5.41) is 19.1. The van der Waals surface area contributed by atoms with Crippen molar-refractivity contribution in [3.8, 4) is 0 Å². The molecule has 352 valence electrons. The summed E-state index contributed by atoms with van der Waals surface area (Å²) in [5.41, 5.74) is -4.99. The lowest BCUT2D eigenvalue weighted by Crippen LogP contribution is -2.33. The van der Waals surface area contributed by atoms with E-state index in [1.165, 1.54) is 32.6 Å². The number of amides is 4. The molecule has 0 saturated heterocycles. The van der Waals surface area contributed by atoms with Gasteiger partial charge in [-0.25, -0.2) is 26.4 Å². The molecule has 0 spiro atoms. The fourth-order valence-corrected chi connectivity index (χ4v) is 6.91. The van der Waals surface area contributed by atoms with Gasteiger partial charge < -0.3 is 30.4 Å². The number of carbonyl (C=O) groups is 2. The van der Waals surface area contributed by atoms with Crippen molar-refractivity contribution in [3.63, 3.8) is 0 Å². The van der Waals surface area contributed by atoms with E-state index in [0.29, 0.717) is 13.1 Å². The van der Waals surface area contributed by atoms with Gasteiger partial charge in [0.1, 0.15) is 14.1 Å². The molecule has 4 N–H and O–H groups in total. The van der Waals surface area contributed by atoms with Crippen molar-refractivity contribution >= 4 is 87.0 Å². The van der Waals surface area contributed by atoms with Gasteiger partial charge in [-0.1, -0.05) is 68.5 Å². The quantitative estimate of drug-likeness (QED) is 0.0234. The minimum Gasteiger partial charge on any atom is -0.741 e. The van der Waals surface area contributed by atoms with Crippen LogP contribution in [0.1, 0.15) is 56.3 Å². The van der Waals surface area contributed by atoms with E-state index >= 15 is 0 Å². The minimum absolute atomic E-state index is 0.169. The van der Waals surface area contributed by atoms with E-state index in [-0.39, 0.29) is 12.1 Å². The van der Waals surface area contributed by atoms with Gasteiger partial charge in [0.25, 0.3) is 0 Å². The molecule has 0 aliphatic carbocycles. The van der Waals surface area contributed by atoms with Crippen LogP contribution in [0.2, 0.25) is 0 Å². The number of unbranched alkanes of at least 4 members (excludes halogenated alkanes) is 6. The third kappa shape index (κ3) is 14.1. The Morgan fingerprint density at radius 2 is 0.815 bits per heavy atom. The van der Waals surface area contributed by atoms with E-state index in [1.807, 2.05) is 12.1 Å². The number of aromatic nitrogens is 2. The predicted octanol–water partition coefficient (Wildman–Crippen LogP) is 8.34. The van der Waals surface area contributed by atoms with Crippen LogP contribution in [0.4, 0.5) is 47.3 Å². The monoisotopic (exact) mass is 954 g/mol. The van der Waals surface area contributed by atoms with Crippen LogP contribution in [0.15, 0.2) is 84.9 Å². The Bertz CT molecular complexity index is 2700. The number of urea groups is 2. The van der Waals surface area contributed by atoms with Crippen molar-refractivity contribution in [3.05, 3.63) is 96.3 Å². The lowest BCUT2D eigenvalue weighted by molar-refractivity contribution is -0.650. The SMILES string of the molecule is Cc1c2cc(NC(=O)NCCCCCCCCCNC(=O)Nc3ccc4c(c3)c(C)[n+](C)c3ccccc43)ccc2c2ccccc2[n+]1C.O=S(=O)([O-])C(F)(F)F.O=S(=O)([O-])C(F)(F)F. The molecule has 4 amide bonds. The Labute approximate surface area is 371 Å². The molecule has 2 aromatic heterocycles. The molecule has 6 aromatic rings. The first-order valence-electron chi connectivity index (χ1n) is 20.1. The largest absolute Gasteiger partial charge is 0.741 e. The van der Waals surface area contributed by atoms with Gasteiger partial charge in [0.15, 0.2) is 31.6 Å². The summed E-state index contributed by atoms with van der Waals surface area (Å²) in [6.45, 7) is 5.54. The second-order valence-electron chi connectivity index (χ2n) is 14.9. The first kappa shape index (κ1) is 51.8. The maximum absolute atomic E-state index is 12.6. The van der Waals surface area contributed by atoms with Gasteiger partial charge in [0, 0.05) is 61.2 Å². The summed E-state index contributed by atoms with van der Waals surface area (Å²) >= 11 is 0. The Balaban J connectivity index is 0.000000492. The van der Waals surface area contributed by atoms with Gasteiger partial charge in [-0.2, -0.15) is 35.5 Å². The number of alkyl halides is 6. The number of benzene rings is 4. The summed E-state index contributed by atoms with van der Waals surface area (Å²) in [5.74, 6) is 0. The van der Waals surface area contributed by atoms with Gasteiger partial charge >= 0.3 is 23.1 Å². The summed E-state index contributed by atoms with van der Waals surface area (Å²) < 4.78 is 122. The van der Waals surface area contributed by atoms with Crippen LogP contribution in [-0.4, -0.2) is 62.1 Å². The molecule has 6 rings (SSSR count). The number of nitrogens with one attached hydrogen (secondary N) is 4. The normalized spacial score (nSPS) is 12.0. The van der Waals surface area contributed by atoms with Crippen molar-refractivity contribution in [2.45, 2.75) is 69.8 Å². The zero-order valence-corrected chi connectivity index (χ0v) is 37.3. The first-order chi connectivity index (χ1) is 30.3. The molecule has 4 aromatic carbocycles. The Hall–Kier alpha value is -5.84. The Kier molecular flexibility index (Phi) is 17.4.